The van der Waals surface area contributed by atoms with E-state index in [1.165, 1.54) is 24.3 Å². The lowest BCUT2D eigenvalue weighted by molar-refractivity contribution is -0.274. The molecule has 0 radical (unpaired) electrons. The molecule has 1 aliphatic carbocycles. The highest BCUT2D eigenvalue weighted by Gasteiger charge is 2.48. The molecule has 1 aliphatic heterocycles. The maximum absolute atomic E-state index is 12.8. The van der Waals surface area contributed by atoms with Gasteiger partial charge in [-0.2, -0.15) is 0 Å². The van der Waals surface area contributed by atoms with Gasteiger partial charge in [0, 0.05) is 16.2 Å². The van der Waals surface area contributed by atoms with E-state index >= 15 is 0 Å². The molecular weight excluding hydrogens is 422 g/mol. The first-order valence-corrected chi connectivity index (χ1v) is 8.86. The average Bonchev–Trinajstić information content (AvgIpc) is 2.79. The van der Waals surface area contributed by atoms with Gasteiger partial charge in [-0.25, -0.2) is 0 Å². The number of ether oxygens (including phenoxy) is 1. The van der Waals surface area contributed by atoms with Gasteiger partial charge in [0.05, 0.1) is 5.41 Å². The van der Waals surface area contributed by atoms with E-state index in [1.54, 1.807) is 4.90 Å². The molecule has 1 aromatic rings. The van der Waals surface area contributed by atoms with Gasteiger partial charge in [0.1, 0.15) is 5.75 Å². The number of carbonyl (C=O) groups excluding carboxylic acids is 1. The summed E-state index contributed by atoms with van der Waals surface area (Å²) in [4.78, 5) is 14.5. The van der Waals surface area contributed by atoms with Crippen LogP contribution < -0.4 is 9.64 Å². The molecule has 1 amide bonds. The minimum Gasteiger partial charge on any atom is -0.406 e. The Hall–Kier alpha value is -0.990. The van der Waals surface area contributed by atoms with Crippen molar-refractivity contribution in [3.8, 4) is 5.75 Å². The summed E-state index contributed by atoms with van der Waals surface area (Å²) in [5, 5.41) is 0. The first-order valence-electron chi connectivity index (χ1n) is 7.61. The molecule has 2 aliphatic rings. The molecule has 0 bridgehead atoms. The molecule has 1 saturated heterocycles. The maximum Gasteiger partial charge on any atom is 0.573 e. The van der Waals surface area contributed by atoms with E-state index in [4.69, 9.17) is 0 Å². The van der Waals surface area contributed by atoms with E-state index in [2.05, 4.69) is 27.3 Å². The SMILES string of the molecule is O=C1N(c2ccc(OC(F)(F)F)cc2)CCC12CCC(I)CC2. The van der Waals surface area contributed by atoms with Crippen molar-refractivity contribution in [2.45, 2.75) is 42.4 Å². The number of carbonyl (C=O) groups is 1. The molecule has 2 fully saturated rings. The molecule has 1 saturated carbocycles. The van der Waals surface area contributed by atoms with Crippen LogP contribution in [0.4, 0.5) is 18.9 Å². The van der Waals surface area contributed by atoms with Crippen LogP contribution in [-0.4, -0.2) is 22.7 Å². The lowest BCUT2D eigenvalue weighted by Crippen LogP contribution is -2.37. The van der Waals surface area contributed by atoms with Crippen LogP contribution in [0, 0.1) is 5.41 Å². The number of alkyl halides is 4. The van der Waals surface area contributed by atoms with Gasteiger partial charge in [0.15, 0.2) is 0 Å². The predicted molar refractivity (Wildman–Crippen MR) is 88.8 cm³/mol. The average molecular weight is 439 g/mol. The molecule has 0 unspecified atom stereocenters. The molecule has 1 heterocycles. The number of nitrogens with zero attached hydrogens (tertiary/aromatic N) is 1. The van der Waals surface area contributed by atoms with Crippen LogP contribution in [0.5, 0.6) is 5.75 Å². The Kier molecular flexibility index (Phi) is 4.50. The molecule has 0 aromatic heterocycles. The lowest BCUT2D eigenvalue weighted by atomic mass is 9.73. The van der Waals surface area contributed by atoms with Gasteiger partial charge in [-0.3, -0.25) is 4.79 Å². The minimum atomic E-state index is -4.70. The number of hydrogen-bond donors (Lipinski definition) is 0. The fraction of sp³-hybridized carbons (Fsp3) is 0.562. The van der Waals surface area contributed by atoms with Crippen LogP contribution in [0.15, 0.2) is 24.3 Å². The zero-order chi connectivity index (χ0) is 16.7. The fourth-order valence-electron chi connectivity index (χ4n) is 3.49. The van der Waals surface area contributed by atoms with Gasteiger partial charge in [-0.05, 0) is 56.4 Å². The molecule has 0 atom stereocenters. The van der Waals surface area contributed by atoms with Crippen LogP contribution >= 0.6 is 22.6 Å². The van der Waals surface area contributed by atoms with Crippen LogP contribution in [0.25, 0.3) is 0 Å². The van der Waals surface area contributed by atoms with Crippen molar-refractivity contribution < 1.29 is 22.7 Å². The molecule has 126 valence electrons. The van der Waals surface area contributed by atoms with E-state index in [9.17, 15) is 18.0 Å². The van der Waals surface area contributed by atoms with E-state index < -0.39 is 6.36 Å². The third kappa shape index (κ3) is 3.59. The van der Waals surface area contributed by atoms with E-state index in [1.807, 2.05) is 0 Å². The standard InChI is InChI=1S/C16H17F3INO2/c17-16(18,19)23-13-3-1-12(2-4-13)21-10-9-15(14(21)22)7-5-11(20)6-8-15/h1-4,11H,5-10H2. The topological polar surface area (TPSA) is 29.5 Å². The van der Waals surface area contributed by atoms with Crippen molar-refractivity contribution >= 4 is 34.2 Å². The highest BCUT2D eigenvalue weighted by atomic mass is 127. The first-order chi connectivity index (χ1) is 10.8. The van der Waals surface area contributed by atoms with Crippen LogP contribution in [0.1, 0.15) is 32.1 Å². The first kappa shape index (κ1) is 16.9. The third-order valence-electron chi connectivity index (χ3n) is 4.77. The zero-order valence-corrected chi connectivity index (χ0v) is 14.6. The molecule has 3 nitrogen and oxygen atoms in total. The van der Waals surface area contributed by atoms with Crippen molar-refractivity contribution in [3.63, 3.8) is 0 Å². The number of benzene rings is 1. The van der Waals surface area contributed by atoms with Gasteiger partial charge in [-0.1, -0.05) is 22.6 Å². The molecule has 7 heteroatoms. The zero-order valence-electron chi connectivity index (χ0n) is 12.4. The van der Waals surface area contributed by atoms with Crippen molar-refractivity contribution in [3.05, 3.63) is 24.3 Å². The lowest BCUT2D eigenvalue weighted by Gasteiger charge is -2.33. The van der Waals surface area contributed by atoms with Gasteiger partial charge < -0.3 is 9.64 Å². The molecule has 1 aromatic carbocycles. The van der Waals surface area contributed by atoms with Crippen LogP contribution in [0.3, 0.4) is 0 Å². The Labute approximate surface area is 146 Å². The number of halogens is 4. The molecule has 1 spiro atoms. The summed E-state index contributed by atoms with van der Waals surface area (Å²) in [6.45, 7) is 0.629. The summed E-state index contributed by atoms with van der Waals surface area (Å²) >= 11 is 2.43. The van der Waals surface area contributed by atoms with Crippen molar-refractivity contribution in [2.75, 3.05) is 11.4 Å². The monoisotopic (exact) mass is 439 g/mol. The predicted octanol–water partition coefficient (Wildman–Crippen LogP) is 4.69. The van der Waals surface area contributed by atoms with Gasteiger partial charge in [-0.15, -0.1) is 13.2 Å². The Morgan fingerprint density at radius 2 is 1.74 bits per heavy atom. The molecule has 0 N–H and O–H groups in total. The summed E-state index contributed by atoms with van der Waals surface area (Å²) < 4.78 is 41.1. The Bertz CT molecular complexity index is 580. The summed E-state index contributed by atoms with van der Waals surface area (Å²) in [5.41, 5.74) is 0.376. The quantitative estimate of drug-likeness (QED) is 0.495. The van der Waals surface area contributed by atoms with Crippen LogP contribution in [-0.2, 0) is 4.79 Å². The Morgan fingerprint density at radius 3 is 2.30 bits per heavy atom. The second-order valence-electron chi connectivity index (χ2n) is 6.20. The van der Waals surface area contributed by atoms with Crippen molar-refractivity contribution in [1.82, 2.24) is 0 Å². The normalized spacial score (nSPS) is 28.4. The second-order valence-corrected chi connectivity index (χ2v) is 7.97. The fourth-order valence-corrected chi connectivity index (χ4v) is 4.12. The van der Waals surface area contributed by atoms with Gasteiger partial charge in [0.2, 0.25) is 5.91 Å². The Balaban J connectivity index is 1.72. The van der Waals surface area contributed by atoms with Gasteiger partial charge >= 0.3 is 6.36 Å². The summed E-state index contributed by atoms with van der Waals surface area (Å²) in [5.74, 6) is -0.154. The van der Waals surface area contributed by atoms with Crippen molar-refractivity contribution in [2.24, 2.45) is 5.41 Å². The number of hydrogen-bond acceptors (Lipinski definition) is 2. The molecule has 3 rings (SSSR count). The van der Waals surface area contributed by atoms with E-state index in [0.29, 0.717) is 16.2 Å². The van der Waals surface area contributed by atoms with E-state index in [-0.39, 0.29) is 17.1 Å². The van der Waals surface area contributed by atoms with Crippen molar-refractivity contribution in [1.29, 1.82) is 0 Å². The number of amides is 1. The summed E-state index contributed by atoms with van der Waals surface area (Å²) in [7, 11) is 0. The Morgan fingerprint density at radius 1 is 1.13 bits per heavy atom. The smallest absolute Gasteiger partial charge is 0.406 e. The highest BCUT2D eigenvalue weighted by molar-refractivity contribution is 14.1. The largest absolute Gasteiger partial charge is 0.573 e. The summed E-state index contributed by atoms with van der Waals surface area (Å²) in [6, 6.07) is 5.54. The second kappa shape index (κ2) is 6.14. The maximum atomic E-state index is 12.8. The number of anilines is 1. The number of rotatable bonds is 2. The van der Waals surface area contributed by atoms with E-state index in [0.717, 1.165) is 32.1 Å². The van der Waals surface area contributed by atoms with Crippen LogP contribution in [0.2, 0.25) is 0 Å². The molecule has 23 heavy (non-hydrogen) atoms. The summed E-state index contributed by atoms with van der Waals surface area (Å²) in [6.07, 6.45) is 0.0521. The van der Waals surface area contributed by atoms with Gasteiger partial charge in [0.25, 0.3) is 0 Å². The minimum absolute atomic E-state index is 0.116. The highest BCUT2D eigenvalue weighted by Crippen LogP contribution is 2.47. The third-order valence-corrected chi connectivity index (χ3v) is 6.01. The molecular formula is C16H17F3INO2.